The Morgan fingerprint density at radius 3 is 2.80 bits per heavy atom. The standard InChI is InChI=1S/C18H23NO/c20-18-8-4-7-14-9-16(18)10-15(11-18)17(14)19-12-13-5-2-1-3-6-13/h1-3,5-6,14-16,20H,4,7-12H2/b19-17-/t14?,15-,16?,18-/m1/s1. The van der Waals surface area contributed by atoms with E-state index >= 15 is 0 Å². The van der Waals surface area contributed by atoms with Gasteiger partial charge in [-0.25, -0.2) is 0 Å². The van der Waals surface area contributed by atoms with Crippen LogP contribution in [-0.4, -0.2) is 16.4 Å². The summed E-state index contributed by atoms with van der Waals surface area (Å²) in [5, 5.41) is 10.8. The number of benzene rings is 1. The molecule has 3 saturated carbocycles. The van der Waals surface area contributed by atoms with E-state index in [9.17, 15) is 5.11 Å². The summed E-state index contributed by atoms with van der Waals surface area (Å²) in [6, 6.07) is 10.5. The zero-order valence-corrected chi connectivity index (χ0v) is 12.0. The van der Waals surface area contributed by atoms with Crippen LogP contribution >= 0.6 is 0 Å². The molecule has 3 bridgehead atoms. The van der Waals surface area contributed by atoms with Gasteiger partial charge >= 0.3 is 0 Å². The van der Waals surface area contributed by atoms with Gasteiger partial charge in [-0.2, -0.15) is 0 Å². The van der Waals surface area contributed by atoms with Crippen molar-refractivity contribution in [2.24, 2.45) is 22.7 Å². The summed E-state index contributed by atoms with van der Waals surface area (Å²) in [6.07, 6.45) is 6.78. The Morgan fingerprint density at radius 1 is 1.15 bits per heavy atom. The van der Waals surface area contributed by atoms with Crippen LogP contribution < -0.4 is 0 Å². The molecule has 0 heterocycles. The number of aliphatic hydroxyl groups is 1. The number of hydrogen-bond acceptors (Lipinski definition) is 2. The van der Waals surface area contributed by atoms with Crippen LogP contribution in [0.1, 0.15) is 44.1 Å². The van der Waals surface area contributed by atoms with E-state index in [1.54, 1.807) is 0 Å². The molecule has 20 heavy (non-hydrogen) atoms. The van der Waals surface area contributed by atoms with Crippen LogP contribution in [0.5, 0.6) is 0 Å². The van der Waals surface area contributed by atoms with Crippen LogP contribution in [0.15, 0.2) is 35.3 Å². The quantitative estimate of drug-likeness (QED) is 0.874. The minimum absolute atomic E-state index is 0.358. The van der Waals surface area contributed by atoms with Gasteiger partial charge in [-0.1, -0.05) is 30.3 Å². The van der Waals surface area contributed by atoms with Gasteiger partial charge in [0.2, 0.25) is 0 Å². The maximum atomic E-state index is 10.8. The third-order valence-electron chi connectivity index (χ3n) is 5.78. The SMILES string of the molecule is O[C@@]12CCCC3CC1C[C@H](C2)/C3=N\Cc1ccccc1. The van der Waals surface area contributed by atoms with E-state index < -0.39 is 0 Å². The molecular formula is C18H23NO. The van der Waals surface area contributed by atoms with E-state index in [0.29, 0.717) is 17.8 Å². The Hall–Kier alpha value is -1.15. The number of hydrogen-bond donors (Lipinski definition) is 1. The lowest BCUT2D eigenvalue weighted by Gasteiger charge is -2.29. The van der Waals surface area contributed by atoms with Crippen molar-refractivity contribution in [2.75, 3.05) is 0 Å². The highest BCUT2D eigenvalue weighted by molar-refractivity contribution is 5.90. The third kappa shape index (κ3) is 2.01. The van der Waals surface area contributed by atoms with Crippen molar-refractivity contribution < 1.29 is 5.11 Å². The number of nitrogens with zero attached hydrogens (tertiary/aromatic N) is 1. The van der Waals surface area contributed by atoms with Gasteiger partial charge in [0.25, 0.3) is 0 Å². The lowest BCUT2D eigenvalue weighted by Crippen LogP contribution is -2.32. The summed E-state index contributed by atoms with van der Waals surface area (Å²) in [5.41, 5.74) is 2.37. The van der Waals surface area contributed by atoms with Gasteiger partial charge < -0.3 is 5.11 Å². The highest BCUT2D eigenvalue weighted by Crippen LogP contribution is 2.54. The molecule has 2 nitrogen and oxygen atoms in total. The van der Waals surface area contributed by atoms with Crippen LogP contribution in [-0.2, 0) is 6.54 Å². The van der Waals surface area contributed by atoms with Gasteiger partial charge in [0.05, 0.1) is 12.1 Å². The maximum absolute atomic E-state index is 10.8. The Balaban J connectivity index is 1.59. The van der Waals surface area contributed by atoms with E-state index in [2.05, 4.69) is 30.3 Å². The summed E-state index contributed by atoms with van der Waals surface area (Å²) < 4.78 is 0. The molecule has 3 aliphatic carbocycles. The van der Waals surface area contributed by atoms with E-state index in [0.717, 1.165) is 19.4 Å². The third-order valence-corrected chi connectivity index (χ3v) is 5.78. The molecule has 0 aromatic heterocycles. The van der Waals surface area contributed by atoms with Crippen molar-refractivity contribution in [3.05, 3.63) is 35.9 Å². The average molecular weight is 269 g/mol. The monoisotopic (exact) mass is 269 g/mol. The molecule has 0 aliphatic heterocycles. The molecule has 1 N–H and O–H groups in total. The normalized spacial score (nSPS) is 41.0. The molecule has 4 atom stereocenters. The van der Waals surface area contributed by atoms with Crippen molar-refractivity contribution in [1.82, 2.24) is 0 Å². The second kappa shape index (κ2) is 4.70. The van der Waals surface area contributed by atoms with Crippen molar-refractivity contribution in [2.45, 2.75) is 50.7 Å². The predicted molar refractivity (Wildman–Crippen MR) is 80.7 cm³/mol. The van der Waals surface area contributed by atoms with Crippen molar-refractivity contribution in [1.29, 1.82) is 0 Å². The van der Waals surface area contributed by atoms with E-state index in [1.807, 2.05) is 0 Å². The molecule has 1 aromatic rings. The first-order valence-corrected chi connectivity index (χ1v) is 8.05. The molecule has 0 radical (unpaired) electrons. The van der Waals surface area contributed by atoms with Gasteiger partial charge in [-0.15, -0.1) is 0 Å². The summed E-state index contributed by atoms with van der Waals surface area (Å²) in [7, 11) is 0. The van der Waals surface area contributed by atoms with E-state index in [4.69, 9.17) is 4.99 Å². The van der Waals surface area contributed by atoms with Gasteiger partial charge in [0.15, 0.2) is 0 Å². The second-order valence-corrected chi connectivity index (χ2v) is 6.99. The average Bonchev–Trinajstić information content (AvgIpc) is 2.64. The minimum Gasteiger partial charge on any atom is -0.390 e. The Morgan fingerprint density at radius 2 is 1.95 bits per heavy atom. The van der Waals surface area contributed by atoms with Crippen molar-refractivity contribution >= 4 is 5.71 Å². The van der Waals surface area contributed by atoms with Gasteiger partial charge in [-0.05, 0) is 55.9 Å². The Bertz CT molecular complexity index is 519. The molecule has 0 amide bonds. The molecule has 0 saturated heterocycles. The minimum atomic E-state index is -0.358. The predicted octanol–water partition coefficient (Wildman–Crippen LogP) is 3.59. The fourth-order valence-electron chi connectivity index (χ4n) is 4.83. The first-order chi connectivity index (χ1) is 9.74. The highest BCUT2D eigenvalue weighted by atomic mass is 16.3. The van der Waals surface area contributed by atoms with Gasteiger partial charge in [0.1, 0.15) is 0 Å². The van der Waals surface area contributed by atoms with Crippen LogP contribution in [0, 0.1) is 17.8 Å². The topological polar surface area (TPSA) is 32.6 Å². The lowest BCUT2D eigenvalue weighted by molar-refractivity contribution is -0.00376. The van der Waals surface area contributed by atoms with Gasteiger partial charge in [0, 0.05) is 11.6 Å². The lowest BCUT2D eigenvalue weighted by atomic mass is 9.77. The first kappa shape index (κ1) is 12.6. The largest absolute Gasteiger partial charge is 0.390 e. The fraction of sp³-hybridized carbons (Fsp3) is 0.611. The zero-order chi connectivity index (χ0) is 13.6. The molecule has 2 heteroatoms. The molecule has 3 aliphatic rings. The Labute approximate surface area is 120 Å². The highest BCUT2D eigenvalue weighted by Gasteiger charge is 2.53. The molecule has 0 spiro atoms. The summed E-state index contributed by atoms with van der Waals surface area (Å²) in [4.78, 5) is 4.99. The molecule has 1 aromatic carbocycles. The summed E-state index contributed by atoms with van der Waals surface area (Å²) >= 11 is 0. The van der Waals surface area contributed by atoms with E-state index in [-0.39, 0.29) is 5.60 Å². The molecule has 4 rings (SSSR count). The number of fused-ring (bicyclic) bond motifs is 2. The van der Waals surface area contributed by atoms with Gasteiger partial charge in [-0.3, -0.25) is 4.99 Å². The molecule has 3 fully saturated rings. The van der Waals surface area contributed by atoms with Crippen LogP contribution in [0.4, 0.5) is 0 Å². The zero-order valence-electron chi connectivity index (χ0n) is 12.0. The number of aliphatic imine (C=N–C) groups is 1. The molecule has 2 unspecified atom stereocenters. The maximum Gasteiger partial charge on any atom is 0.0682 e. The molecule has 106 valence electrons. The van der Waals surface area contributed by atoms with Crippen LogP contribution in [0.2, 0.25) is 0 Å². The smallest absolute Gasteiger partial charge is 0.0682 e. The van der Waals surface area contributed by atoms with Crippen molar-refractivity contribution in [3.63, 3.8) is 0 Å². The molecular weight excluding hydrogens is 246 g/mol. The number of rotatable bonds is 2. The van der Waals surface area contributed by atoms with E-state index in [1.165, 1.54) is 37.0 Å². The summed E-state index contributed by atoms with van der Waals surface area (Å²) in [6.45, 7) is 0.812. The van der Waals surface area contributed by atoms with Crippen LogP contribution in [0.3, 0.4) is 0 Å². The fourth-order valence-corrected chi connectivity index (χ4v) is 4.83. The Kier molecular flexibility index (Phi) is 2.95. The second-order valence-electron chi connectivity index (χ2n) is 6.99. The summed E-state index contributed by atoms with van der Waals surface area (Å²) in [5.74, 6) is 1.77. The van der Waals surface area contributed by atoms with Crippen LogP contribution in [0.25, 0.3) is 0 Å². The first-order valence-electron chi connectivity index (χ1n) is 8.05. The van der Waals surface area contributed by atoms with Crippen molar-refractivity contribution in [3.8, 4) is 0 Å².